The molecule has 1 fully saturated rings. The monoisotopic (exact) mass is 132 g/mol. The molecule has 0 aromatic carbocycles. The van der Waals surface area contributed by atoms with Crippen LogP contribution in [0.4, 0.5) is 0 Å². The van der Waals surface area contributed by atoms with Gasteiger partial charge in [0.05, 0.1) is 6.10 Å². The molecule has 1 nitrogen and oxygen atoms in total. The summed E-state index contributed by atoms with van der Waals surface area (Å²) in [5.74, 6) is 0. The van der Waals surface area contributed by atoms with Gasteiger partial charge in [0.1, 0.15) is 5.44 Å². The Morgan fingerprint density at radius 2 is 1.88 bits per heavy atom. The average molecular weight is 132 g/mol. The van der Waals surface area contributed by atoms with Crippen LogP contribution in [0.1, 0.15) is 20.8 Å². The molecular formula is C6H12OS. The van der Waals surface area contributed by atoms with Crippen molar-refractivity contribution in [1.29, 1.82) is 0 Å². The Kier molecular flexibility index (Phi) is 1.83. The minimum absolute atomic E-state index is 0.417. The highest BCUT2D eigenvalue weighted by Crippen LogP contribution is 2.31. The van der Waals surface area contributed by atoms with Crippen molar-refractivity contribution in [3.63, 3.8) is 0 Å². The summed E-state index contributed by atoms with van der Waals surface area (Å²) in [6, 6.07) is 0. The van der Waals surface area contributed by atoms with Crippen LogP contribution >= 0.6 is 11.8 Å². The maximum atomic E-state index is 5.44. The van der Waals surface area contributed by atoms with E-state index in [1.54, 1.807) is 0 Å². The van der Waals surface area contributed by atoms with Crippen LogP contribution in [-0.2, 0) is 4.74 Å². The van der Waals surface area contributed by atoms with Gasteiger partial charge in [-0.25, -0.2) is 0 Å². The summed E-state index contributed by atoms with van der Waals surface area (Å²) in [6.45, 7) is 6.44. The Balaban J connectivity index is 2.39. The standard InChI is InChI=1S/C6H12OS/c1-4-5(2)8-6(3)7-4/h4-6H,1-3H3. The third kappa shape index (κ3) is 1.17. The van der Waals surface area contributed by atoms with Crippen molar-refractivity contribution in [1.82, 2.24) is 0 Å². The first-order valence-corrected chi connectivity index (χ1v) is 3.95. The quantitative estimate of drug-likeness (QED) is 0.497. The topological polar surface area (TPSA) is 9.23 Å². The third-order valence-electron chi connectivity index (χ3n) is 1.47. The van der Waals surface area contributed by atoms with Gasteiger partial charge in [0, 0.05) is 5.25 Å². The predicted octanol–water partition coefficient (Wildman–Crippen LogP) is 1.87. The number of thioether (sulfide) groups is 1. The van der Waals surface area contributed by atoms with E-state index in [2.05, 4.69) is 20.8 Å². The molecule has 1 rings (SSSR count). The first kappa shape index (κ1) is 6.43. The van der Waals surface area contributed by atoms with Gasteiger partial charge in [0.2, 0.25) is 0 Å². The summed E-state index contributed by atoms with van der Waals surface area (Å²) < 4.78 is 5.44. The van der Waals surface area contributed by atoms with Crippen molar-refractivity contribution >= 4 is 11.8 Å². The van der Waals surface area contributed by atoms with E-state index in [4.69, 9.17) is 4.74 Å². The minimum Gasteiger partial charge on any atom is -0.364 e. The zero-order valence-corrected chi connectivity index (χ0v) is 6.37. The van der Waals surface area contributed by atoms with Crippen LogP contribution < -0.4 is 0 Å². The van der Waals surface area contributed by atoms with Crippen molar-refractivity contribution in [3.8, 4) is 0 Å². The van der Waals surface area contributed by atoms with E-state index < -0.39 is 0 Å². The van der Waals surface area contributed by atoms with Gasteiger partial charge < -0.3 is 4.74 Å². The summed E-state index contributed by atoms with van der Waals surface area (Å²) in [7, 11) is 0. The fraction of sp³-hybridized carbons (Fsp3) is 1.00. The number of hydrogen-bond donors (Lipinski definition) is 0. The first-order chi connectivity index (χ1) is 3.70. The summed E-state index contributed by atoms with van der Waals surface area (Å²) >= 11 is 1.91. The first-order valence-electron chi connectivity index (χ1n) is 3.01. The van der Waals surface area contributed by atoms with Crippen molar-refractivity contribution < 1.29 is 4.74 Å². The Labute approximate surface area is 54.8 Å². The van der Waals surface area contributed by atoms with Crippen LogP contribution in [0.5, 0.6) is 0 Å². The normalized spacial score (nSPS) is 47.6. The Morgan fingerprint density at radius 3 is 2.00 bits per heavy atom. The van der Waals surface area contributed by atoms with Crippen LogP contribution in [0, 0.1) is 0 Å². The molecule has 0 bridgehead atoms. The molecule has 0 aromatic rings. The van der Waals surface area contributed by atoms with Gasteiger partial charge in [-0.05, 0) is 13.8 Å². The molecule has 48 valence electrons. The highest BCUT2D eigenvalue weighted by molar-refractivity contribution is 8.00. The Bertz CT molecular complexity index is 74.6. The molecule has 0 amide bonds. The van der Waals surface area contributed by atoms with Gasteiger partial charge in [-0.15, -0.1) is 11.8 Å². The average Bonchev–Trinajstić information content (AvgIpc) is 1.85. The van der Waals surface area contributed by atoms with Crippen molar-refractivity contribution in [3.05, 3.63) is 0 Å². The van der Waals surface area contributed by atoms with E-state index in [9.17, 15) is 0 Å². The zero-order valence-electron chi connectivity index (χ0n) is 5.55. The highest BCUT2D eigenvalue weighted by atomic mass is 32.2. The van der Waals surface area contributed by atoms with E-state index in [1.165, 1.54) is 0 Å². The summed E-state index contributed by atoms with van der Waals surface area (Å²) in [6.07, 6.45) is 0.454. The van der Waals surface area contributed by atoms with Crippen LogP contribution in [0.2, 0.25) is 0 Å². The molecule has 0 spiro atoms. The maximum Gasteiger partial charge on any atom is 0.101 e. The molecule has 1 aliphatic rings. The van der Waals surface area contributed by atoms with Crippen molar-refractivity contribution in [2.24, 2.45) is 0 Å². The van der Waals surface area contributed by atoms with Gasteiger partial charge in [-0.1, -0.05) is 6.92 Å². The molecule has 0 radical (unpaired) electrons. The second-order valence-corrected chi connectivity index (χ2v) is 3.93. The second-order valence-electron chi connectivity index (χ2n) is 2.25. The summed E-state index contributed by atoms with van der Waals surface area (Å²) in [4.78, 5) is 0. The van der Waals surface area contributed by atoms with Crippen molar-refractivity contribution in [2.75, 3.05) is 0 Å². The van der Waals surface area contributed by atoms with Crippen LogP contribution in [-0.4, -0.2) is 16.8 Å². The fourth-order valence-corrected chi connectivity index (χ4v) is 1.99. The third-order valence-corrected chi connectivity index (χ3v) is 2.78. The number of rotatable bonds is 0. The molecule has 0 aliphatic carbocycles. The second kappa shape index (κ2) is 2.28. The zero-order chi connectivity index (χ0) is 6.15. The van der Waals surface area contributed by atoms with E-state index >= 15 is 0 Å². The molecule has 1 aliphatic heterocycles. The number of ether oxygens (including phenoxy) is 1. The Hall–Kier alpha value is 0.310. The fourth-order valence-electron chi connectivity index (χ4n) is 0.858. The van der Waals surface area contributed by atoms with Gasteiger partial charge in [-0.3, -0.25) is 0 Å². The van der Waals surface area contributed by atoms with Crippen LogP contribution in [0.25, 0.3) is 0 Å². The van der Waals surface area contributed by atoms with Gasteiger partial charge in [0.15, 0.2) is 0 Å². The minimum atomic E-state index is 0.417. The van der Waals surface area contributed by atoms with Crippen molar-refractivity contribution in [2.45, 2.75) is 37.6 Å². The molecule has 3 atom stereocenters. The predicted molar refractivity (Wildman–Crippen MR) is 37.1 cm³/mol. The molecule has 8 heavy (non-hydrogen) atoms. The Morgan fingerprint density at radius 1 is 1.25 bits per heavy atom. The van der Waals surface area contributed by atoms with Crippen LogP contribution in [0.15, 0.2) is 0 Å². The SMILES string of the molecule is CC1OC(C)C(C)S1. The maximum absolute atomic E-state index is 5.44. The lowest BCUT2D eigenvalue weighted by Gasteiger charge is -2.03. The lowest BCUT2D eigenvalue weighted by Crippen LogP contribution is -2.11. The van der Waals surface area contributed by atoms with Gasteiger partial charge in [-0.2, -0.15) is 0 Å². The lowest BCUT2D eigenvalue weighted by molar-refractivity contribution is 0.0773. The lowest BCUT2D eigenvalue weighted by atomic mass is 10.3. The van der Waals surface area contributed by atoms with E-state index in [-0.39, 0.29) is 0 Å². The molecular weight excluding hydrogens is 120 g/mol. The molecule has 1 saturated heterocycles. The molecule has 0 N–H and O–H groups in total. The smallest absolute Gasteiger partial charge is 0.101 e. The van der Waals surface area contributed by atoms with Gasteiger partial charge >= 0.3 is 0 Å². The van der Waals surface area contributed by atoms with Crippen LogP contribution in [0.3, 0.4) is 0 Å². The number of hydrogen-bond acceptors (Lipinski definition) is 2. The molecule has 3 unspecified atom stereocenters. The van der Waals surface area contributed by atoms with E-state index in [0.29, 0.717) is 16.8 Å². The molecule has 0 aromatic heterocycles. The molecule has 2 heteroatoms. The largest absolute Gasteiger partial charge is 0.364 e. The van der Waals surface area contributed by atoms with E-state index in [0.717, 1.165) is 0 Å². The molecule has 1 heterocycles. The summed E-state index contributed by atoms with van der Waals surface area (Å²) in [5.41, 5.74) is 0.417. The van der Waals surface area contributed by atoms with Gasteiger partial charge in [0.25, 0.3) is 0 Å². The highest BCUT2D eigenvalue weighted by Gasteiger charge is 2.25. The van der Waals surface area contributed by atoms with E-state index in [1.807, 2.05) is 11.8 Å². The summed E-state index contributed by atoms with van der Waals surface area (Å²) in [5, 5.41) is 0.685. The molecule has 0 saturated carbocycles.